The van der Waals surface area contributed by atoms with Crippen molar-refractivity contribution in [2.75, 3.05) is 0 Å². The van der Waals surface area contributed by atoms with E-state index < -0.39 is 11.6 Å². The maximum atomic E-state index is 13.5. The predicted octanol–water partition coefficient (Wildman–Crippen LogP) is 3.74. The summed E-state index contributed by atoms with van der Waals surface area (Å²) in [4.78, 5) is 0. The first-order valence-corrected chi connectivity index (χ1v) is 5.08. The van der Waals surface area contributed by atoms with E-state index in [0.29, 0.717) is 5.56 Å². The average Bonchev–Trinajstić information content (AvgIpc) is 2.26. The van der Waals surface area contributed by atoms with E-state index in [9.17, 15) is 8.78 Å². The maximum Gasteiger partial charge on any atom is 0.166 e. The standard InChI is InChI=1S/C10H5ClF2N2S/c11-8-4-6(10(16)15-14-8)5-2-1-3-7(12)9(5)13/h1-4H,(H,15,16). The quantitative estimate of drug-likeness (QED) is 0.790. The van der Waals surface area contributed by atoms with E-state index in [2.05, 4.69) is 10.2 Å². The van der Waals surface area contributed by atoms with Gasteiger partial charge in [0.1, 0.15) is 9.79 Å². The Kier molecular flexibility index (Phi) is 2.98. The van der Waals surface area contributed by atoms with Crippen molar-refractivity contribution in [3.05, 3.63) is 45.7 Å². The number of nitrogens with one attached hydrogen (secondary N) is 1. The van der Waals surface area contributed by atoms with Crippen LogP contribution >= 0.6 is 23.8 Å². The minimum Gasteiger partial charge on any atom is -0.266 e. The Bertz CT molecular complexity index is 598. The number of aromatic nitrogens is 2. The van der Waals surface area contributed by atoms with Crippen LogP contribution in [0.3, 0.4) is 0 Å². The van der Waals surface area contributed by atoms with Gasteiger partial charge in [0.25, 0.3) is 0 Å². The molecular formula is C10H5ClF2N2S. The summed E-state index contributed by atoms with van der Waals surface area (Å²) in [5.74, 6) is -1.89. The first kappa shape index (κ1) is 11.2. The summed E-state index contributed by atoms with van der Waals surface area (Å²) in [6.45, 7) is 0. The summed E-state index contributed by atoms with van der Waals surface area (Å²) in [5.41, 5.74) is 0.373. The van der Waals surface area contributed by atoms with Crippen molar-refractivity contribution in [1.29, 1.82) is 0 Å². The molecule has 2 nitrogen and oxygen atoms in total. The van der Waals surface area contributed by atoms with Crippen molar-refractivity contribution in [2.24, 2.45) is 0 Å². The molecule has 0 fully saturated rings. The van der Waals surface area contributed by atoms with Crippen molar-refractivity contribution in [2.45, 2.75) is 0 Å². The molecule has 1 aromatic heterocycles. The predicted molar refractivity (Wildman–Crippen MR) is 59.8 cm³/mol. The fourth-order valence-electron chi connectivity index (χ4n) is 1.29. The van der Waals surface area contributed by atoms with Gasteiger partial charge in [-0.15, -0.1) is 0 Å². The van der Waals surface area contributed by atoms with Crippen molar-refractivity contribution < 1.29 is 8.78 Å². The second-order valence-corrected chi connectivity index (χ2v) is 3.83. The SMILES string of the molecule is Fc1cccc(-c2cc(Cl)n[nH]c2=S)c1F. The summed E-state index contributed by atoms with van der Waals surface area (Å²) >= 11 is 10.6. The molecular weight excluding hydrogens is 254 g/mol. The number of aromatic amines is 1. The lowest BCUT2D eigenvalue weighted by Crippen LogP contribution is -1.92. The van der Waals surface area contributed by atoms with Crippen molar-refractivity contribution in [1.82, 2.24) is 10.2 Å². The van der Waals surface area contributed by atoms with Crippen LogP contribution in [0.15, 0.2) is 24.3 Å². The third-order valence-electron chi connectivity index (χ3n) is 2.01. The van der Waals surface area contributed by atoms with Crippen molar-refractivity contribution in [3.63, 3.8) is 0 Å². The molecule has 0 aliphatic heterocycles. The highest BCUT2D eigenvalue weighted by Crippen LogP contribution is 2.25. The fraction of sp³-hybridized carbons (Fsp3) is 0. The van der Waals surface area contributed by atoms with Crippen molar-refractivity contribution in [3.8, 4) is 11.1 Å². The highest BCUT2D eigenvalue weighted by Gasteiger charge is 2.11. The summed E-state index contributed by atoms with van der Waals surface area (Å²) in [6.07, 6.45) is 0. The zero-order valence-corrected chi connectivity index (χ0v) is 9.37. The molecule has 0 aliphatic rings. The van der Waals surface area contributed by atoms with Gasteiger partial charge in [-0.1, -0.05) is 36.0 Å². The molecule has 1 heterocycles. The largest absolute Gasteiger partial charge is 0.266 e. The van der Waals surface area contributed by atoms with Gasteiger partial charge in [-0.05, 0) is 12.1 Å². The zero-order valence-electron chi connectivity index (χ0n) is 7.80. The molecule has 2 rings (SSSR count). The summed E-state index contributed by atoms with van der Waals surface area (Å²) in [7, 11) is 0. The third-order valence-corrected chi connectivity index (χ3v) is 2.52. The number of H-pyrrole nitrogens is 1. The molecule has 0 radical (unpaired) electrons. The lowest BCUT2D eigenvalue weighted by atomic mass is 10.1. The smallest absolute Gasteiger partial charge is 0.166 e. The van der Waals surface area contributed by atoms with Gasteiger partial charge in [0.05, 0.1) is 0 Å². The molecule has 1 N–H and O–H groups in total. The van der Waals surface area contributed by atoms with Crippen molar-refractivity contribution >= 4 is 23.8 Å². The minimum atomic E-state index is -0.954. The summed E-state index contributed by atoms with van der Waals surface area (Å²) in [6, 6.07) is 5.25. The lowest BCUT2D eigenvalue weighted by Gasteiger charge is -2.04. The Morgan fingerprint density at radius 2 is 2.00 bits per heavy atom. The van der Waals surface area contributed by atoms with Crippen LogP contribution < -0.4 is 0 Å². The van der Waals surface area contributed by atoms with Gasteiger partial charge in [0, 0.05) is 11.1 Å². The monoisotopic (exact) mass is 258 g/mol. The Morgan fingerprint density at radius 3 is 2.75 bits per heavy atom. The number of hydrogen-bond acceptors (Lipinski definition) is 2. The topological polar surface area (TPSA) is 28.7 Å². The Morgan fingerprint density at radius 1 is 1.25 bits per heavy atom. The molecule has 0 saturated carbocycles. The Balaban J connectivity index is 2.72. The molecule has 0 amide bonds. The number of benzene rings is 1. The molecule has 2 aromatic rings. The molecule has 1 aromatic carbocycles. The molecule has 6 heteroatoms. The van der Waals surface area contributed by atoms with Crippen LogP contribution in [0, 0.1) is 16.3 Å². The molecule has 82 valence electrons. The number of rotatable bonds is 1. The van der Waals surface area contributed by atoms with Gasteiger partial charge in [-0.2, -0.15) is 5.10 Å². The van der Waals surface area contributed by atoms with Crippen LogP contribution in [-0.4, -0.2) is 10.2 Å². The Hall–Kier alpha value is -1.33. The lowest BCUT2D eigenvalue weighted by molar-refractivity contribution is 0.511. The van der Waals surface area contributed by atoms with Crippen LogP contribution in [0.1, 0.15) is 0 Å². The molecule has 0 saturated heterocycles. The molecule has 16 heavy (non-hydrogen) atoms. The molecule has 0 bridgehead atoms. The van der Waals surface area contributed by atoms with Gasteiger partial charge < -0.3 is 0 Å². The summed E-state index contributed by atoms with van der Waals surface area (Å²) in [5, 5.41) is 6.23. The summed E-state index contributed by atoms with van der Waals surface area (Å²) < 4.78 is 26.7. The average molecular weight is 259 g/mol. The van der Waals surface area contributed by atoms with E-state index in [1.54, 1.807) is 0 Å². The third kappa shape index (κ3) is 1.96. The molecule has 0 atom stereocenters. The fourth-order valence-corrected chi connectivity index (χ4v) is 1.66. The van der Waals surface area contributed by atoms with E-state index in [1.165, 1.54) is 18.2 Å². The number of nitrogens with zero attached hydrogens (tertiary/aromatic N) is 1. The number of hydrogen-bond donors (Lipinski definition) is 1. The van der Waals surface area contributed by atoms with Gasteiger partial charge in [-0.3, -0.25) is 5.10 Å². The first-order valence-electron chi connectivity index (χ1n) is 4.29. The van der Waals surface area contributed by atoms with E-state index in [0.717, 1.165) is 6.07 Å². The first-order chi connectivity index (χ1) is 7.59. The highest BCUT2D eigenvalue weighted by molar-refractivity contribution is 7.71. The van der Waals surface area contributed by atoms with E-state index >= 15 is 0 Å². The highest BCUT2D eigenvalue weighted by atomic mass is 35.5. The van der Waals surface area contributed by atoms with Crippen LogP contribution in [-0.2, 0) is 0 Å². The van der Waals surface area contributed by atoms with Crippen LogP contribution in [0.5, 0.6) is 0 Å². The van der Waals surface area contributed by atoms with Crippen LogP contribution in [0.4, 0.5) is 8.78 Å². The van der Waals surface area contributed by atoms with Gasteiger partial charge >= 0.3 is 0 Å². The normalized spacial score (nSPS) is 10.4. The second kappa shape index (κ2) is 4.27. The van der Waals surface area contributed by atoms with Gasteiger partial charge in [0.15, 0.2) is 11.6 Å². The zero-order chi connectivity index (χ0) is 11.7. The molecule has 0 unspecified atom stereocenters. The molecule has 0 spiro atoms. The van der Waals surface area contributed by atoms with E-state index in [1.807, 2.05) is 0 Å². The Labute approximate surface area is 99.9 Å². The second-order valence-electron chi connectivity index (χ2n) is 3.03. The van der Waals surface area contributed by atoms with E-state index in [4.69, 9.17) is 23.8 Å². The van der Waals surface area contributed by atoms with Gasteiger partial charge in [-0.25, -0.2) is 8.78 Å². The van der Waals surface area contributed by atoms with E-state index in [-0.39, 0.29) is 15.4 Å². The maximum absolute atomic E-state index is 13.5. The van der Waals surface area contributed by atoms with Crippen LogP contribution in [0.2, 0.25) is 5.15 Å². The van der Waals surface area contributed by atoms with Gasteiger partial charge in [0.2, 0.25) is 0 Å². The minimum absolute atomic E-state index is 0.0607. The molecule has 0 aliphatic carbocycles. The number of halogens is 3. The van der Waals surface area contributed by atoms with Crippen LogP contribution in [0.25, 0.3) is 11.1 Å².